The van der Waals surface area contributed by atoms with Crippen LogP contribution in [0.1, 0.15) is 38.1 Å². The lowest BCUT2D eigenvalue weighted by Crippen LogP contribution is -2.14. The summed E-state index contributed by atoms with van der Waals surface area (Å²) in [5, 5.41) is 20.8. The Morgan fingerprint density at radius 2 is 1.97 bits per heavy atom. The average Bonchev–Trinajstić information content (AvgIpc) is 3.32. The fraction of sp³-hybridized carbons (Fsp3) is 0.286. The van der Waals surface area contributed by atoms with E-state index in [0.29, 0.717) is 27.8 Å². The third-order valence-corrected chi connectivity index (χ3v) is 5.19. The largest absolute Gasteiger partial charge is 0.394 e. The Kier molecular flexibility index (Phi) is 5.21. The maximum atomic E-state index is 13.3. The number of fused-ring (bicyclic) bond motifs is 1. The Morgan fingerprint density at radius 1 is 1.23 bits per heavy atom. The first-order valence-electron chi connectivity index (χ1n) is 9.48. The van der Waals surface area contributed by atoms with E-state index in [-0.39, 0.29) is 17.8 Å². The van der Waals surface area contributed by atoms with E-state index in [4.69, 9.17) is 11.6 Å². The predicted molar refractivity (Wildman–Crippen MR) is 115 cm³/mol. The van der Waals surface area contributed by atoms with Gasteiger partial charge in [0.05, 0.1) is 24.0 Å². The molecule has 3 N–H and O–H groups in total. The SMILES string of the molecule is CC(C)(C)c1cc(Nc2nc3c(cc2Cl)ncn3[C@@H](CO)c2ccc(F)cc2)n[nH]1. The van der Waals surface area contributed by atoms with Crippen molar-refractivity contribution < 1.29 is 9.50 Å². The minimum Gasteiger partial charge on any atom is -0.394 e. The molecule has 9 heteroatoms. The Bertz CT molecular complexity index is 1180. The summed E-state index contributed by atoms with van der Waals surface area (Å²) in [5.74, 6) is 0.682. The van der Waals surface area contributed by atoms with Crippen LogP contribution in [0.3, 0.4) is 0 Å². The lowest BCUT2D eigenvalue weighted by atomic mass is 9.92. The molecule has 0 spiro atoms. The van der Waals surface area contributed by atoms with Gasteiger partial charge in [-0.1, -0.05) is 44.5 Å². The number of H-pyrrole nitrogens is 1. The second-order valence-electron chi connectivity index (χ2n) is 8.11. The standard InChI is InChI=1S/C21H22ClFN6O/c1-21(2,3)17-9-18(28-27-17)25-19-14(22)8-15-20(26-19)29(11-24-15)16(10-30)12-4-6-13(23)7-5-12/h4-9,11,16,30H,10H2,1-3H3,(H2,25,26,27,28)/t16-/m0/s1. The monoisotopic (exact) mass is 428 g/mol. The molecule has 3 aromatic heterocycles. The summed E-state index contributed by atoms with van der Waals surface area (Å²) in [4.78, 5) is 8.99. The van der Waals surface area contributed by atoms with Gasteiger partial charge in [-0.25, -0.2) is 14.4 Å². The van der Waals surface area contributed by atoms with Crippen LogP contribution in [0, 0.1) is 5.82 Å². The quantitative estimate of drug-likeness (QED) is 0.433. The number of aromatic amines is 1. The molecule has 0 amide bonds. The molecule has 0 unspecified atom stereocenters. The van der Waals surface area contributed by atoms with Crippen molar-refractivity contribution in [3.8, 4) is 0 Å². The first-order valence-corrected chi connectivity index (χ1v) is 9.86. The number of imidazole rings is 1. The van der Waals surface area contributed by atoms with Crippen LogP contribution in [0.15, 0.2) is 42.7 Å². The zero-order chi connectivity index (χ0) is 21.5. The number of rotatable bonds is 5. The number of nitrogens with zero attached hydrogens (tertiary/aromatic N) is 4. The molecule has 0 radical (unpaired) electrons. The van der Waals surface area contributed by atoms with Crippen LogP contribution in [0.5, 0.6) is 0 Å². The minimum atomic E-state index is -0.463. The van der Waals surface area contributed by atoms with Gasteiger partial charge in [0, 0.05) is 17.2 Å². The van der Waals surface area contributed by atoms with Gasteiger partial charge < -0.3 is 15.0 Å². The van der Waals surface area contributed by atoms with Crippen molar-refractivity contribution in [3.05, 3.63) is 64.8 Å². The van der Waals surface area contributed by atoms with Gasteiger partial charge in [0.1, 0.15) is 11.3 Å². The second-order valence-corrected chi connectivity index (χ2v) is 8.51. The minimum absolute atomic E-state index is 0.0732. The van der Waals surface area contributed by atoms with Gasteiger partial charge in [0.25, 0.3) is 0 Å². The normalized spacial score (nSPS) is 13.0. The van der Waals surface area contributed by atoms with Gasteiger partial charge in [-0.05, 0) is 23.8 Å². The van der Waals surface area contributed by atoms with Crippen molar-refractivity contribution in [1.29, 1.82) is 0 Å². The first-order chi connectivity index (χ1) is 14.3. The molecule has 0 saturated carbocycles. The van der Waals surface area contributed by atoms with Crippen molar-refractivity contribution in [2.45, 2.75) is 32.2 Å². The van der Waals surface area contributed by atoms with Gasteiger partial charge in [0.2, 0.25) is 0 Å². The smallest absolute Gasteiger partial charge is 0.162 e. The van der Waals surface area contributed by atoms with E-state index in [1.165, 1.54) is 12.1 Å². The molecule has 156 valence electrons. The molecule has 1 atom stereocenters. The number of aromatic nitrogens is 5. The summed E-state index contributed by atoms with van der Waals surface area (Å²) < 4.78 is 15.0. The van der Waals surface area contributed by atoms with E-state index in [2.05, 4.69) is 46.3 Å². The molecular weight excluding hydrogens is 407 g/mol. The maximum absolute atomic E-state index is 13.3. The van der Waals surface area contributed by atoms with Crippen molar-refractivity contribution in [2.75, 3.05) is 11.9 Å². The van der Waals surface area contributed by atoms with E-state index in [9.17, 15) is 9.50 Å². The number of aliphatic hydroxyl groups excluding tert-OH is 1. The molecule has 0 fully saturated rings. The number of aliphatic hydroxyl groups is 1. The molecule has 7 nitrogen and oxygen atoms in total. The molecule has 0 bridgehead atoms. The summed E-state index contributed by atoms with van der Waals surface area (Å²) in [5.41, 5.74) is 2.77. The molecule has 4 aromatic rings. The topological polar surface area (TPSA) is 91.7 Å². The second kappa shape index (κ2) is 7.70. The summed E-state index contributed by atoms with van der Waals surface area (Å²) in [7, 11) is 0. The van der Waals surface area contributed by atoms with Crippen molar-refractivity contribution in [2.24, 2.45) is 0 Å². The first kappa shape index (κ1) is 20.3. The van der Waals surface area contributed by atoms with Gasteiger partial charge in [-0.3, -0.25) is 5.10 Å². The average molecular weight is 429 g/mol. The Hall–Kier alpha value is -2.97. The number of hydrogen-bond donors (Lipinski definition) is 3. The zero-order valence-corrected chi connectivity index (χ0v) is 17.6. The molecule has 1 aromatic carbocycles. The van der Waals surface area contributed by atoms with Crippen molar-refractivity contribution >= 4 is 34.4 Å². The van der Waals surface area contributed by atoms with Gasteiger partial charge in [0.15, 0.2) is 17.3 Å². The van der Waals surface area contributed by atoms with Crippen LogP contribution in [-0.2, 0) is 5.41 Å². The van der Waals surface area contributed by atoms with Crippen LogP contribution < -0.4 is 5.32 Å². The summed E-state index contributed by atoms with van der Waals surface area (Å²) in [6, 6.07) is 9.14. The molecule has 3 heterocycles. The fourth-order valence-electron chi connectivity index (χ4n) is 3.18. The van der Waals surface area contributed by atoms with Crippen LogP contribution in [0.2, 0.25) is 5.02 Å². The third-order valence-electron chi connectivity index (χ3n) is 4.90. The van der Waals surface area contributed by atoms with Crippen LogP contribution in [-0.4, -0.2) is 36.4 Å². The number of halogens is 2. The highest BCUT2D eigenvalue weighted by Gasteiger charge is 2.20. The van der Waals surface area contributed by atoms with Gasteiger partial charge in [-0.15, -0.1) is 0 Å². The molecular formula is C21H22ClFN6O. The summed E-state index contributed by atoms with van der Waals surface area (Å²) in [6.07, 6.45) is 1.59. The highest BCUT2D eigenvalue weighted by atomic mass is 35.5. The van der Waals surface area contributed by atoms with Crippen LogP contribution >= 0.6 is 11.6 Å². The molecule has 0 aliphatic heterocycles. The zero-order valence-electron chi connectivity index (χ0n) is 16.8. The van der Waals surface area contributed by atoms with Gasteiger partial charge in [-0.2, -0.15) is 5.10 Å². The Balaban J connectivity index is 1.72. The highest BCUT2D eigenvalue weighted by Crippen LogP contribution is 2.30. The highest BCUT2D eigenvalue weighted by molar-refractivity contribution is 6.33. The summed E-state index contributed by atoms with van der Waals surface area (Å²) >= 11 is 6.40. The Labute approximate surface area is 177 Å². The maximum Gasteiger partial charge on any atom is 0.162 e. The van der Waals surface area contributed by atoms with E-state index >= 15 is 0 Å². The molecule has 0 aliphatic rings. The molecule has 30 heavy (non-hydrogen) atoms. The van der Waals surface area contributed by atoms with Gasteiger partial charge >= 0.3 is 0 Å². The van der Waals surface area contributed by atoms with Crippen molar-refractivity contribution in [3.63, 3.8) is 0 Å². The molecule has 0 saturated heterocycles. The lowest BCUT2D eigenvalue weighted by molar-refractivity contribution is 0.251. The number of anilines is 2. The van der Waals surface area contributed by atoms with Crippen molar-refractivity contribution in [1.82, 2.24) is 24.7 Å². The third kappa shape index (κ3) is 3.88. The van der Waals surface area contributed by atoms with Crippen LogP contribution in [0.25, 0.3) is 11.2 Å². The molecule has 4 rings (SSSR count). The number of benzene rings is 1. The Morgan fingerprint density at radius 3 is 2.60 bits per heavy atom. The van der Waals surface area contributed by atoms with E-state index in [0.717, 1.165) is 11.3 Å². The van der Waals surface area contributed by atoms with E-state index in [1.807, 2.05) is 6.07 Å². The number of hydrogen-bond acceptors (Lipinski definition) is 5. The fourth-order valence-corrected chi connectivity index (χ4v) is 3.37. The van der Waals surface area contributed by atoms with E-state index < -0.39 is 6.04 Å². The number of nitrogens with one attached hydrogen (secondary N) is 2. The van der Waals surface area contributed by atoms with E-state index in [1.54, 1.807) is 29.1 Å². The summed E-state index contributed by atoms with van der Waals surface area (Å²) in [6.45, 7) is 6.07. The van der Waals surface area contributed by atoms with Crippen LogP contribution in [0.4, 0.5) is 16.0 Å². The molecule has 0 aliphatic carbocycles. The lowest BCUT2D eigenvalue weighted by Gasteiger charge is -2.17. The predicted octanol–water partition coefficient (Wildman–Crippen LogP) is 4.57. The number of pyridine rings is 1.